The Morgan fingerprint density at radius 3 is 2.43 bits per heavy atom. The second kappa shape index (κ2) is 9.62. The van der Waals surface area contributed by atoms with Crippen LogP contribution in [0.3, 0.4) is 0 Å². The van der Waals surface area contributed by atoms with E-state index in [9.17, 15) is 9.59 Å². The minimum Gasteiger partial charge on any atom is -0.496 e. The summed E-state index contributed by atoms with van der Waals surface area (Å²) >= 11 is 0. The van der Waals surface area contributed by atoms with Gasteiger partial charge in [-0.3, -0.25) is 9.59 Å². The predicted molar refractivity (Wildman–Crippen MR) is 139 cm³/mol. The number of carbonyl (C=O) groups excluding carboxylic acids is 1. The molecule has 1 amide bonds. The van der Waals surface area contributed by atoms with Crippen LogP contribution in [-0.4, -0.2) is 35.9 Å². The highest BCUT2D eigenvalue weighted by molar-refractivity contribution is 6.08. The van der Waals surface area contributed by atoms with Gasteiger partial charge in [0.2, 0.25) is 0 Å². The smallest absolute Gasteiger partial charge is 0.274 e. The average Bonchev–Trinajstić information content (AvgIpc) is 2.91. The van der Waals surface area contributed by atoms with Crippen molar-refractivity contribution in [2.24, 2.45) is 7.05 Å². The molecule has 0 unspecified atom stereocenters. The third kappa shape index (κ3) is 4.37. The van der Waals surface area contributed by atoms with Crippen molar-refractivity contribution in [2.75, 3.05) is 30.4 Å². The summed E-state index contributed by atoms with van der Waals surface area (Å²) in [6, 6.07) is 20.7. The van der Waals surface area contributed by atoms with Gasteiger partial charge in [-0.1, -0.05) is 36.4 Å². The number of para-hydroxylation sites is 1. The predicted octanol–water partition coefficient (Wildman–Crippen LogP) is 4.85. The summed E-state index contributed by atoms with van der Waals surface area (Å²) in [5.41, 5.74) is 3.54. The lowest BCUT2D eigenvalue weighted by molar-refractivity contribution is 0.102. The molecular formula is C28H28N4O3. The van der Waals surface area contributed by atoms with Crippen molar-refractivity contribution in [1.29, 1.82) is 0 Å². The summed E-state index contributed by atoms with van der Waals surface area (Å²) in [4.78, 5) is 28.3. The van der Waals surface area contributed by atoms with E-state index in [1.165, 1.54) is 11.1 Å². The summed E-state index contributed by atoms with van der Waals surface area (Å²) in [6.45, 7) is 1.88. The van der Waals surface area contributed by atoms with Crippen LogP contribution in [0.5, 0.6) is 5.75 Å². The number of carbonyl (C=O) groups is 1. The number of hydrogen-bond donors (Lipinski definition) is 1. The summed E-state index contributed by atoms with van der Waals surface area (Å²) in [6.07, 6.45) is 3.45. The molecule has 7 nitrogen and oxygen atoms in total. The first kappa shape index (κ1) is 22.7. The van der Waals surface area contributed by atoms with Crippen molar-refractivity contribution in [2.45, 2.75) is 19.3 Å². The Hall–Kier alpha value is -4.13. The van der Waals surface area contributed by atoms with Crippen molar-refractivity contribution in [3.8, 4) is 17.0 Å². The number of fused-ring (bicyclic) bond motifs is 1. The number of ether oxygens (including phenoxy) is 1. The van der Waals surface area contributed by atoms with E-state index >= 15 is 0 Å². The van der Waals surface area contributed by atoms with Gasteiger partial charge in [0.05, 0.1) is 35.1 Å². The molecule has 0 radical (unpaired) electrons. The first-order valence-corrected chi connectivity index (χ1v) is 11.9. The number of nitrogens with zero attached hydrogens (tertiary/aromatic N) is 3. The molecule has 5 rings (SSSR count). The Labute approximate surface area is 204 Å². The zero-order valence-electron chi connectivity index (χ0n) is 20.0. The summed E-state index contributed by atoms with van der Waals surface area (Å²) in [7, 11) is 3.22. The second-order valence-corrected chi connectivity index (χ2v) is 8.76. The lowest BCUT2D eigenvalue weighted by atomic mass is 10.0. The molecule has 2 heterocycles. The molecule has 1 fully saturated rings. The number of rotatable bonds is 5. The maximum absolute atomic E-state index is 13.3. The molecule has 1 aliphatic heterocycles. The number of aromatic nitrogens is 2. The molecule has 0 aliphatic carbocycles. The number of amides is 1. The zero-order valence-corrected chi connectivity index (χ0v) is 20.0. The average molecular weight is 469 g/mol. The van der Waals surface area contributed by atoms with E-state index in [0.29, 0.717) is 28.1 Å². The number of benzene rings is 3. The van der Waals surface area contributed by atoms with E-state index in [0.717, 1.165) is 42.6 Å². The van der Waals surface area contributed by atoms with Crippen LogP contribution >= 0.6 is 0 Å². The fourth-order valence-electron chi connectivity index (χ4n) is 4.73. The van der Waals surface area contributed by atoms with Crippen molar-refractivity contribution < 1.29 is 9.53 Å². The van der Waals surface area contributed by atoms with E-state index in [1.54, 1.807) is 26.3 Å². The summed E-state index contributed by atoms with van der Waals surface area (Å²) < 4.78 is 6.77. The molecule has 178 valence electrons. The van der Waals surface area contributed by atoms with Crippen LogP contribution in [-0.2, 0) is 7.05 Å². The Bertz CT molecular complexity index is 1450. The van der Waals surface area contributed by atoms with E-state index < -0.39 is 0 Å². The maximum Gasteiger partial charge on any atom is 0.274 e. The molecule has 4 aromatic rings. The number of anilines is 2. The normalized spacial score (nSPS) is 13.6. The molecule has 0 spiro atoms. The third-order valence-corrected chi connectivity index (χ3v) is 6.52. The number of piperidine rings is 1. The van der Waals surface area contributed by atoms with E-state index in [1.807, 2.05) is 54.6 Å². The van der Waals surface area contributed by atoms with Gasteiger partial charge in [-0.05, 0) is 49.6 Å². The van der Waals surface area contributed by atoms with Crippen LogP contribution in [0.15, 0.2) is 71.5 Å². The van der Waals surface area contributed by atoms with Gasteiger partial charge in [0.15, 0.2) is 0 Å². The van der Waals surface area contributed by atoms with Gasteiger partial charge in [-0.2, -0.15) is 5.10 Å². The number of methoxy groups -OCH3 is 1. The third-order valence-electron chi connectivity index (χ3n) is 6.52. The molecule has 0 atom stereocenters. The topological polar surface area (TPSA) is 76.5 Å². The fourth-order valence-corrected chi connectivity index (χ4v) is 4.73. The molecule has 1 aliphatic rings. The summed E-state index contributed by atoms with van der Waals surface area (Å²) in [5.74, 6) is 0.280. The standard InChI is InChI=1S/C28H28N4O3/c1-31-28(34)21-11-5-4-10-20(21)26(30-31)19-14-15-24(32-16-8-3-9-17-32)23(18-19)29-27(33)22-12-6-7-13-25(22)35-2/h4-7,10-15,18H,3,8-9,16-17H2,1-2H3,(H,29,33). The highest BCUT2D eigenvalue weighted by Gasteiger charge is 2.20. The second-order valence-electron chi connectivity index (χ2n) is 8.76. The molecule has 1 aromatic heterocycles. The number of nitrogens with one attached hydrogen (secondary N) is 1. The van der Waals surface area contributed by atoms with Gasteiger partial charge < -0.3 is 15.0 Å². The van der Waals surface area contributed by atoms with E-state index in [4.69, 9.17) is 4.74 Å². The Kier molecular flexibility index (Phi) is 6.23. The van der Waals surface area contributed by atoms with Crippen LogP contribution in [0.4, 0.5) is 11.4 Å². The lowest BCUT2D eigenvalue weighted by Crippen LogP contribution is -2.30. The summed E-state index contributed by atoms with van der Waals surface area (Å²) in [5, 5.41) is 9.09. The highest BCUT2D eigenvalue weighted by atomic mass is 16.5. The molecule has 1 N–H and O–H groups in total. The minimum atomic E-state index is -0.240. The fraction of sp³-hybridized carbons (Fsp3) is 0.250. The Morgan fingerprint density at radius 2 is 1.66 bits per heavy atom. The SMILES string of the molecule is COc1ccccc1C(=O)Nc1cc(-c2nn(C)c(=O)c3ccccc23)ccc1N1CCCCC1. The van der Waals surface area contributed by atoms with Crippen molar-refractivity contribution in [3.63, 3.8) is 0 Å². The van der Waals surface area contributed by atoms with E-state index in [-0.39, 0.29) is 11.5 Å². The van der Waals surface area contributed by atoms with Crippen LogP contribution in [0, 0.1) is 0 Å². The first-order chi connectivity index (χ1) is 17.1. The van der Waals surface area contributed by atoms with Crippen LogP contribution in [0.1, 0.15) is 29.6 Å². The molecule has 0 saturated carbocycles. The molecule has 35 heavy (non-hydrogen) atoms. The maximum atomic E-state index is 13.3. The molecule has 0 bridgehead atoms. The molecule has 1 saturated heterocycles. The minimum absolute atomic E-state index is 0.140. The Morgan fingerprint density at radius 1 is 0.943 bits per heavy atom. The van der Waals surface area contributed by atoms with Crippen LogP contribution in [0.25, 0.3) is 22.0 Å². The van der Waals surface area contributed by atoms with Crippen molar-refractivity contribution in [1.82, 2.24) is 9.78 Å². The van der Waals surface area contributed by atoms with E-state index in [2.05, 4.69) is 15.3 Å². The van der Waals surface area contributed by atoms with Gasteiger partial charge in [0, 0.05) is 31.1 Å². The van der Waals surface area contributed by atoms with Gasteiger partial charge in [0.1, 0.15) is 5.75 Å². The van der Waals surface area contributed by atoms with Gasteiger partial charge in [-0.15, -0.1) is 0 Å². The van der Waals surface area contributed by atoms with Crippen molar-refractivity contribution >= 4 is 28.1 Å². The highest BCUT2D eigenvalue weighted by Crippen LogP contribution is 2.35. The molecule has 3 aromatic carbocycles. The lowest BCUT2D eigenvalue weighted by Gasteiger charge is -2.31. The van der Waals surface area contributed by atoms with Crippen molar-refractivity contribution in [3.05, 3.63) is 82.6 Å². The van der Waals surface area contributed by atoms with Crippen LogP contribution < -0.4 is 20.5 Å². The van der Waals surface area contributed by atoms with Gasteiger partial charge >= 0.3 is 0 Å². The Balaban J connectivity index is 1.62. The number of aryl methyl sites for hydroxylation is 1. The van der Waals surface area contributed by atoms with Crippen LogP contribution in [0.2, 0.25) is 0 Å². The van der Waals surface area contributed by atoms with Gasteiger partial charge in [0.25, 0.3) is 11.5 Å². The van der Waals surface area contributed by atoms with Gasteiger partial charge in [-0.25, -0.2) is 4.68 Å². The zero-order chi connectivity index (χ0) is 24.4. The molecule has 7 heteroatoms. The largest absolute Gasteiger partial charge is 0.496 e. The first-order valence-electron chi connectivity index (χ1n) is 11.9. The number of hydrogen-bond acceptors (Lipinski definition) is 5. The monoisotopic (exact) mass is 468 g/mol. The molecular weight excluding hydrogens is 440 g/mol. The quantitative estimate of drug-likeness (QED) is 0.453.